The number of rotatable bonds is 5. The SMILES string of the molecule is O=C(Oc1ccc(Cl)c(O)c1)c1ccc(NC2=C(Cl)C(=O)N(c3cc(Cl)ccc3Cl)C2=O)cc1. The van der Waals surface area contributed by atoms with Crippen molar-refractivity contribution in [3.63, 3.8) is 0 Å². The third-order valence-electron chi connectivity index (χ3n) is 4.69. The highest BCUT2D eigenvalue weighted by Crippen LogP contribution is 2.36. The van der Waals surface area contributed by atoms with E-state index in [-0.39, 0.29) is 48.5 Å². The number of hydrogen-bond donors (Lipinski definition) is 2. The molecule has 172 valence electrons. The second-order valence-corrected chi connectivity index (χ2v) is 8.56. The third-order valence-corrected chi connectivity index (χ3v) is 5.92. The Morgan fingerprint density at radius 3 is 2.21 bits per heavy atom. The van der Waals surface area contributed by atoms with Gasteiger partial charge in [-0.2, -0.15) is 0 Å². The summed E-state index contributed by atoms with van der Waals surface area (Å²) in [5.41, 5.74) is 0.523. The summed E-state index contributed by atoms with van der Waals surface area (Å²) >= 11 is 24.0. The monoisotopic (exact) mass is 536 g/mol. The molecule has 11 heteroatoms. The molecule has 3 aromatic carbocycles. The molecular weight excluding hydrogens is 526 g/mol. The number of amides is 2. The zero-order chi connectivity index (χ0) is 24.6. The van der Waals surface area contributed by atoms with Crippen LogP contribution in [0.15, 0.2) is 71.4 Å². The summed E-state index contributed by atoms with van der Waals surface area (Å²) in [6.07, 6.45) is 0. The molecule has 2 N–H and O–H groups in total. The number of ether oxygens (including phenoxy) is 1. The summed E-state index contributed by atoms with van der Waals surface area (Å²) < 4.78 is 5.20. The van der Waals surface area contributed by atoms with E-state index in [2.05, 4.69) is 5.32 Å². The summed E-state index contributed by atoms with van der Waals surface area (Å²) in [4.78, 5) is 38.7. The molecule has 1 aliphatic rings. The van der Waals surface area contributed by atoms with Crippen LogP contribution in [0.4, 0.5) is 11.4 Å². The number of nitrogens with one attached hydrogen (secondary N) is 1. The van der Waals surface area contributed by atoms with Gasteiger partial charge in [-0.25, -0.2) is 9.69 Å². The first-order valence-electron chi connectivity index (χ1n) is 9.47. The lowest BCUT2D eigenvalue weighted by molar-refractivity contribution is -0.120. The van der Waals surface area contributed by atoms with Gasteiger partial charge in [0.15, 0.2) is 0 Å². The van der Waals surface area contributed by atoms with Crippen LogP contribution in [0, 0.1) is 0 Å². The van der Waals surface area contributed by atoms with Crippen LogP contribution in [-0.2, 0) is 9.59 Å². The van der Waals surface area contributed by atoms with Gasteiger partial charge >= 0.3 is 5.97 Å². The van der Waals surface area contributed by atoms with Crippen molar-refractivity contribution in [2.45, 2.75) is 0 Å². The summed E-state index contributed by atoms with van der Waals surface area (Å²) in [5.74, 6) is -2.27. The molecule has 0 unspecified atom stereocenters. The second-order valence-electron chi connectivity index (χ2n) is 6.94. The lowest BCUT2D eigenvalue weighted by Gasteiger charge is -2.17. The fourth-order valence-electron chi connectivity index (χ4n) is 3.04. The molecule has 0 spiro atoms. The first-order valence-corrected chi connectivity index (χ1v) is 11.0. The van der Waals surface area contributed by atoms with Crippen molar-refractivity contribution >= 4 is 75.6 Å². The van der Waals surface area contributed by atoms with Gasteiger partial charge in [-0.15, -0.1) is 0 Å². The maximum absolute atomic E-state index is 12.9. The molecule has 0 aliphatic carbocycles. The Morgan fingerprint density at radius 1 is 0.853 bits per heavy atom. The molecule has 0 radical (unpaired) electrons. The molecule has 4 rings (SSSR count). The van der Waals surface area contributed by atoms with Gasteiger partial charge in [0.25, 0.3) is 11.8 Å². The Morgan fingerprint density at radius 2 is 1.53 bits per heavy atom. The number of carbonyl (C=O) groups excluding carboxylic acids is 3. The standard InChI is InChI=1S/C23H12Cl4N2O5/c24-12-3-7-15(25)17(9-12)29-21(31)19(27)20(22(29)32)28-13-4-1-11(2-5-13)23(33)34-14-6-8-16(26)18(30)10-14/h1-10,28,30H. The van der Waals surface area contributed by atoms with E-state index in [1.807, 2.05) is 0 Å². The second kappa shape index (κ2) is 9.56. The van der Waals surface area contributed by atoms with Crippen molar-refractivity contribution in [3.8, 4) is 11.5 Å². The minimum atomic E-state index is -0.759. The molecule has 2 amide bonds. The van der Waals surface area contributed by atoms with Gasteiger partial charge in [-0.05, 0) is 54.6 Å². The van der Waals surface area contributed by atoms with E-state index in [0.29, 0.717) is 5.69 Å². The molecule has 0 atom stereocenters. The fourth-order valence-corrected chi connectivity index (χ4v) is 3.74. The predicted octanol–water partition coefficient (Wildman–Crippen LogP) is 6.01. The molecule has 3 aromatic rings. The summed E-state index contributed by atoms with van der Waals surface area (Å²) in [5, 5.41) is 12.6. The van der Waals surface area contributed by atoms with Gasteiger partial charge < -0.3 is 15.2 Å². The summed E-state index contributed by atoms with van der Waals surface area (Å²) in [7, 11) is 0. The van der Waals surface area contributed by atoms with Gasteiger partial charge in [0, 0.05) is 16.8 Å². The highest BCUT2D eigenvalue weighted by molar-refractivity contribution is 6.54. The number of phenolic OH excluding ortho intramolecular Hbond substituents is 1. The van der Waals surface area contributed by atoms with Crippen molar-refractivity contribution in [3.05, 3.63) is 92.0 Å². The van der Waals surface area contributed by atoms with Gasteiger partial charge in [0.05, 0.1) is 21.3 Å². The van der Waals surface area contributed by atoms with Crippen LogP contribution in [0.3, 0.4) is 0 Å². The van der Waals surface area contributed by atoms with Crippen molar-refractivity contribution in [1.82, 2.24) is 0 Å². The molecule has 34 heavy (non-hydrogen) atoms. The molecule has 7 nitrogen and oxygen atoms in total. The average molecular weight is 538 g/mol. The number of imide groups is 1. The van der Waals surface area contributed by atoms with E-state index >= 15 is 0 Å². The van der Waals surface area contributed by atoms with E-state index in [4.69, 9.17) is 51.1 Å². The molecule has 0 bridgehead atoms. The Kier molecular flexibility index (Phi) is 6.72. The van der Waals surface area contributed by atoms with Crippen LogP contribution >= 0.6 is 46.4 Å². The van der Waals surface area contributed by atoms with Crippen LogP contribution in [0.1, 0.15) is 10.4 Å². The van der Waals surface area contributed by atoms with Crippen LogP contribution in [0.25, 0.3) is 0 Å². The number of hydrogen-bond acceptors (Lipinski definition) is 6. The number of anilines is 2. The van der Waals surface area contributed by atoms with Crippen LogP contribution in [-0.4, -0.2) is 22.9 Å². The Hall–Kier alpha value is -3.23. The normalized spacial score (nSPS) is 13.5. The largest absolute Gasteiger partial charge is 0.506 e. The molecular formula is C23H12Cl4N2O5. The van der Waals surface area contributed by atoms with Crippen LogP contribution in [0.5, 0.6) is 11.5 Å². The molecule has 0 aromatic heterocycles. The highest BCUT2D eigenvalue weighted by Gasteiger charge is 2.40. The lowest BCUT2D eigenvalue weighted by Crippen LogP contribution is -2.32. The van der Waals surface area contributed by atoms with Gasteiger partial charge in [0.2, 0.25) is 0 Å². The van der Waals surface area contributed by atoms with Crippen molar-refractivity contribution in [2.75, 3.05) is 10.2 Å². The van der Waals surface area contributed by atoms with Gasteiger partial charge in [-0.1, -0.05) is 46.4 Å². The van der Waals surface area contributed by atoms with Crippen molar-refractivity contribution in [2.24, 2.45) is 0 Å². The zero-order valence-corrected chi connectivity index (χ0v) is 19.8. The quantitative estimate of drug-likeness (QED) is 0.235. The first kappa shape index (κ1) is 23.9. The number of esters is 1. The number of aromatic hydroxyl groups is 1. The molecule has 0 fully saturated rings. The highest BCUT2D eigenvalue weighted by atomic mass is 35.5. The Balaban J connectivity index is 1.50. The fraction of sp³-hybridized carbons (Fsp3) is 0. The topological polar surface area (TPSA) is 95.9 Å². The average Bonchev–Trinajstić information content (AvgIpc) is 3.01. The first-order chi connectivity index (χ1) is 16.2. The van der Waals surface area contributed by atoms with Gasteiger partial charge in [-0.3, -0.25) is 9.59 Å². The number of halogens is 4. The van der Waals surface area contributed by atoms with Crippen LogP contribution < -0.4 is 15.0 Å². The molecule has 0 saturated carbocycles. The molecule has 1 heterocycles. The minimum Gasteiger partial charge on any atom is -0.506 e. The lowest BCUT2D eigenvalue weighted by atomic mass is 10.2. The predicted molar refractivity (Wildman–Crippen MR) is 130 cm³/mol. The van der Waals surface area contributed by atoms with Crippen molar-refractivity contribution < 1.29 is 24.2 Å². The number of nitrogens with zero attached hydrogens (tertiary/aromatic N) is 1. The number of benzene rings is 3. The maximum Gasteiger partial charge on any atom is 0.343 e. The van der Waals surface area contributed by atoms with E-state index in [9.17, 15) is 19.5 Å². The number of phenols is 1. The molecule has 0 saturated heterocycles. The zero-order valence-electron chi connectivity index (χ0n) is 16.8. The maximum atomic E-state index is 12.9. The van der Waals surface area contributed by atoms with E-state index in [1.165, 1.54) is 60.7 Å². The minimum absolute atomic E-state index is 0.102. The Labute approximate surface area is 213 Å². The summed E-state index contributed by atoms with van der Waals surface area (Å²) in [6, 6.07) is 14.3. The Bertz CT molecular complexity index is 1370. The van der Waals surface area contributed by atoms with Gasteiger partial charge in [0.1, 0.15) is 22.2 Å². The number of carbonyl (C=O) groups is 3. The van der Waals surface area contributed by atoms with E-state index in [1.54, 1.807) is 0 Å². The molecule has 1 aliphatic heterocycles. The van der Waals surface area contributed by atoms with E-state index < -0.39 is 17.8 Å². The smallest absolute Gasteiger partial charge is 0.343 e. The van der Waals surface area contributed by atoms with Crippen LogP contribution in [0.2, 0.25) is 15.1 Å². The van der Waals surface area contributed by atoms with Crippen molar-refractivity contribution in [1.29, 1.82) is 0 Å². The third kappa shape index (κ3) is 4.69. The van der Waals surface area contributed by atoms with E-state index in [0.717, 1.165) is 4.90 Å². The summed E-state index contributed by atoms with van der Waals surface area (Å²) in [6.45, 7) is 0.